The highest BCUT2D eigenvalue weighted by Gasteiger charge is 2.20. The Hall–Kier alpha value is -1.15. The van der Waals surface area contributed by atoms with Crippen LogP contribution in [-0.2, 0) is 13.1 Å². The number of hydrogen-bond acceptors (Lipinski definition) is 1. The van der Waals surface area contributed by atoms with Crippen LogP contribution in [0.3, 0.4) is 0 Å². The molecule has 0 aliphatic heterocycles. The summed E-state index contributed by atoms with van der Waals surface area (Å²) in [5, 5.41) is 0. The molecule has 0 bridgehead atoms. The zero-order valence-electron chi connectivity index (χ0n) is 18.9. The fraction of sp³-hybridized carbons (Fsp3) is 0.708. The van der Waals surface area contributed by atoms with Crippen LogP contribution in [0, 0.1) is 11.8 Å². The lowest BCUT2D eigenvalue weighted by molar-refractivity contribution is -0.511. The molecule has 2 heteroatoms. The normalized spacial score (nSPS) is 20.0. The van der Waals surface area contributed by atoms with Crippen LogP contribution < -0.4 is 0 Å². The van der Waals surface area contributed by atoms with Crippen LogP contribution in [0.2, 0.25) is 0 Å². The highest BCUT2D eigenvalue weighted by Crippen LogP contribution is 2.27. The smallest absolute Gasteiger partial charge is 0.167 e. The number of hydrogen-bond donors (Lipinski definition) is 0. The quantitative estimate of drug-likeness (QED) is 0.445. The fourth-order valence-electron chi connectivity index (χ4n) is 3.51. The second kappa shape index (κ2) is 15.0. The molecule has 0 radical (unpaired) electrons. The Morgan fingerprint density at radius 3 is 2.31 bits per heavy atom. The van der Waals surface area contributed by atoms with Crippen molar-refractivity contribution in [3.05, 3.63) is 35.4 Å². The van der Waals surface area contributed by atoms with E-state index in [0.717, 1.165) is 24.9 Å². The predicted molar refractivity (Wildman–Crippen MR) is 118 cm³/mol. The third kappa shape index (κ3) is 11.5. The lowest BCUT2D eigenvalue weighted by atomic mass is 9.83. The first-order valence-corrected chi connectivity index (χ1v) is 10.7. The minimum absolute atomic E-state index is 0.781. The molecule has 0 heterocycles. The maximum atomic E-state index is 2.47. The molecule has 0 aromatic heterocycles. The van der Waals surface area contributed by atoms with Crippen LogP contribution in [0.15, 0.2) is 24.3 Å². The van der Waals surface area contributed by atoms with Gasteiger partial charge in [-0.1, -0.05) is 72.1 Å². The SMILES string of the molecule is CC.CC1CCCC(C=[N+](C)Cc2cccc(CN(C)C)c2)C1.CCC. The summed E-state index contributed by atoms with van der Waals surface area (Å²) in [7, 11) is 6.46. The highest BCUT2D eigenvalue weighted by molar-refractivity contribution is 5.55. The van der Waals surface area contributed by atoms with Gasteiger partial charge in [0.15, 0.2) is 6.54 Å². The van der Waals surface area contributed by atoms with Crippen molar-refractivity contribution in [3.8, 4) is 0 Å². The van der Waals surface area contributed by atoms with Gasteiger partial charge < -0.3 is 4.90 Å². The Labute approximate surface area is 164 Å². The van der Waals surface area contributed by atoms with Gasteiger partial charge in [-0.15, -0.1) is 0 Å². The highest BCUT2D eigenvalue weighted by atomic mass is 15.0. The minimum atomic E-state index is 0.781. The van der Waals surface area contributed by atoms with Crippen molar-refractivity contribution < 1.29 is 4.58 Å². The first-order valence-electron chi connectivity index (χ1n) is 10.7. The van der Waals surface area contributed by atoms with Gasteiger partial charge in [-0.25, -0.2) is 4.58 Å². The van der Waals surface area contributed by atoms with Gasteiger partial charge in [0.2, 0.25) is 0 Å². The maximum Gasteiger partial charge on any atom is 0.167 e. The first kappa shape index (κ1) is 24.8. The molecule has 2 atom stereocenters. The van der Waals surface area contributed by atoms with Gasteiger partial charge in [0.1, 0.15) is 13.3 Å². The van der Waals surface area contributed by atoms with Crippen LogP contribution in [0.5, 0.6) is 0 Å². The van der Waals surface area contributed by atoms with E-state index in [0.29, 0.717) is 0 Å². The van der Waals surface area contributed by atoms with E-state index >= 15 is 0 Å². The molecule has 2 nitrogen and oxygen atoms in total. The minimum Gasteiger partial charge on any atom is -0.305 e. The Morgan fingerprint density at radius 2 is 1.73 bits per heavy atom. The van der Waals surface area contributed by atoms with Gasteiger partial charge in [-0.3, -0.25) is 0 Å². The third-order valence-corrected chi connectivity index (χ3v) is 4.36. The second-order valence-corrected chi connectivity index (χ2v) is 7.86. The number of nitrogens with zero attached hydrogens (tertiary/aromatic N) is 2. The summed E-state index contributed by atoms with van der Waals surface area (Å²) in [6.07, 6.45) is 9.27. The van der Waals surface area contributed by atoms with Crippen LogP contribution in [0.25, 0.3) is 0 Å². The Morgan fingerprint density at radius 1 is 1.12 bits per heavy atom. The van der Waals surface area contributed by atoms with E-state index in [1.165, 1.54) is 43.2 Å². The lowest BCUT2D eigenvalue weighted by Crippen LogP contribution is -2.19. The first-order chi connectivity index (χ1) is 12.4. The molecule has 1 aromatic carbocycles. The largest absolute Gasteiger partial charge is 0.305 e. The Balaban J connectivity index is 0.00000113. The summed E-state index contributed by atoms with van der Waals surface area (Å²) >= 11 is 0. The van der Waals surface area contributed by atoms with Crippen molar-refractivity contribution in [1.29, 1.82) is 0 Å². The molecule has 1 aliphatic carbocycles. The summed E-state index contributed by atoms with van der Waals surface area (Å²) < 4.78 is 2.39. The van der Waals surface area contributed by atoms with Crippen molar-refractivity contribution in [1.82, 2.24) is 4.90 Å². The van der Waals surface area contributed by atoms with Crippen LogP contribution in [0.1, 0.15) is 77.8 Å². The summed E-state index contributed by atoms with van der Waals surface area (Å²) in [5.41, 5.74) is 2.81. The van der Waals surface area contributed by atoms with Gasteiger partial charge in [0, 0.05) is 18.0 Å². The predicted octanol–water partition coefficient (Wildman–Crippen LogP) is 6.23. The molecular formula is C24H45N2+. The van der Waals surface area contributed by atoms with E-state index in [4.69, 9.17) is 0 Å². The lowest BCUT2D eigenvalue weighted by Gasteiger charge is -2.22. The summed E-state index contributed by atoms with van der Waals surface area (Å²) in [5.74, 6) is 1.68. The van der Waals surface area contributed by atoms with Crippen LogP contribution >= 0.6 is 0 Å². The average Bonchev–Trinajstić information content (AvgIpc) is 2.57. The van der Waals surface area contributed by atoms with Crippen molar-refractivity contribution in [2.45, 2.75) is 79.8 Å². The van der Waals surface area contributed by atoms with Gasteiger partial charge in [0.25, 0.3) is 0 Å². The molecule has 0 spiro atoms. The molecule has 1 aliphatic rings. The van der Waals surface area contributed by atoms with E-state index in [-0.39, 0.29) is 0 Å². The van der Waals surface area contributed by atoms with Gasteiger partial charge in [-0.2, -0.15) is 0 Å². The standard InChI is InChI=1S/C19H31N2.C3H8.C2H6/c1-16-7-5-8-17(11-16)14-21(4)15-19-10-6-9-18(12-19)13-20(2)3;1-3-2;1-2/h6,9-10,12,14,16-17H,5,7-8,11,13,15H2,1-4H3;3H2,1-2H3;1-2H3/q+1;;. The average molecular weight is 362 g/mol. The molecule has 0 N–H and O–H groups in total. The molecule has 1 fully saturated rings. The molecule has 2 rings (SSSR count). The van der Waals surface area contributed by atoms with E-state index in [1.54, 1.807) is 0 Å². The fourth-order valence-corrected chi connectivity index (χ4v) is 3.51. The molecule has 26 heavy (non-hydrogen) atoms. The zero-order chi connectivity index (χ0) is 19.9. The van der Waals surface area contributed by atoms with Crippen molar-refractivity contribution in [2.24, 2.45) is 11.8 Å². The van der Waals surface area contributed by atoms with Crippen LogP contribution in [-0.4, -0.2) is 36.8 Å². The molecule has 0 saturated heterocycles. The molecule has 1 aromatic rings. The van der Waals surface area contributed by atoms with E-state index < -0.39 is 0 Å². The topological polar surface area (TPSA) is 6.25 Å². The summed E-state index contributed by atoms with van der Waals surface area (Å²) in [6.45, 7) is 12.7. The number of rotatable bonds is 5. The van der Waals surface area contributed by atoms with Crippen molar-refractivity contribution in [2.75, 3.05) is 21.1 Å². The van der Waals surface area contributed by atoms with E-state index in [2.05, 4.69) is 81.9 Å². The van der Waals surface area contributed by atoms with Gasteiger partial charge >= 0.3 is 0 Å². The number of benzene rings is 1. The van der Waals surface area contributed by atoms with Crippen molar-refractivity contribution >= 4 is 6.21 Å². The van der Waals surface area contributed by atoms with E-state index in [9.17, 15) is 0 Å². The van der Waals surface area contributed by atoms with E-state index in [1.807, 2.05) is 13.8 Å². The monoisotopic (exact) mass is 361 g/mol. The maximum absolute atomic E-state index is 2.47. The Bertz CT molecular complexity index is 491. The third-order valence-electron chi connectivity index (χ3n) is 4.36. The van der Waals surface area contributed by atoms with Gasteiger partial charge in [0.05, 0.1) is 0 Å². The molecular weight excluding hydrogens is 316 g/mol. The van der Waals surface area contributed by atoms with Crippen LogP contribution in [0.4, 0.5) is 0 Å². The molecule has 150 valence electrons. The zero-order valence-corrected chi connectivity index (χ0v) is 18.9. The Kier molecular flexibility index (Phi) is 14.3. The molecule has 2 unspecified atom stereocenters. The second-order valence-electron chi connectivity index (χ2n) is 7.86. The molecule has 0 amide bonds. The molecule has 1 saturated carbocycles. The van der Waals surface area contributed by atoms with Crippen molar-refractivity contribution in [3.63, 3.8) is 0 Å². The summed E-state index contributed by atoms with van der Waals surface area (Å²) in [6, 6.07) is 8.99. The summed E-state index contributed by atoms with van der Waals surface area (Å²) in [4.78, 5) is 2.22. The van der Waals surface area contributed by atoms with Gasteiger partial charge in [-0.05, 0) is 44.5 Å².